The lowest BCUT2D eigenvalue weighted by Crippen LogP contribution is -2.40. The largest absolute Gasteiger partial charge is 0.469 e. The second-order valence-electron chi connectivity index (χ2n) is 6.68. The molecule has 1 atom stereocenters. The quantitative estimate of drug-likeness (QED) is 0.725. The summed E-state index contributed by atoms with van der Waals surface area (Å²) in [6.45, 7) is 4.78. The number of furan rings is 1. The molecule has 25 heavy (non-hydrogen) atoms. The Labute approximate surface area is 149 Å². The van der Waals surface area contributed by atoms with Crippen molar-refractivity contribution in [1.82, 2.24) is 15.1 Å². The number of likely N-dealkylation sites (N-methyl/N-ethyl adjacent to an activating group) is 1. The first-order chi connectivity index (χ1) is 12.0. The third-order valence-electron chi connectivity index (χ3n) is 4.31. The molecule has 0 aliphatic carbocycles. The minimum Gasteiger partial charge on any atom is -0.469 e. The highest BCUT2D eigenvalue weighted by Crippen LogP contribution is 2.17. The van der Waals surface area contributed by atoms with Crippen LogP contribution in [0.3, 0.4) is 0 Å². The highest BCUT2D eigenvalue weighted by molar-refractivity contribution is 5.95. The Bertz CT molecular complexity index is 564. The summed E-state index contributed by atoms with van der Waals surface area (Å²) in [6, 6.07) is 1.68. The maximum atomic E-state index is 12.8. The summed E-state index contributed by atoms with van der Waals surface area (Å²) >= 11 is 0. The molecule has 1 fully saturated rings. The zero-order chi connectivity index (χ0) is 18.2. The predicted molar refractivity (Wildman–Crippen MR) is 94.5 cm³/mol. The minimum absolute atomic E-state index is 0.0455. The average molecular weight is 351 g/mol. The topological polar surface area (TPSA) is 75.0 Å². The normalized spacial score (nSPS) is 17.0. The number of aryl methyl sites for hydroxylation is 1. The van der Waals surface area contributed by atoms with E-state index < -0.39 is 0 Å². The maximum Gasteiger partial charge on any atom is 0.257 e. The standard InChI is InChI=1S/C18H29N3O4/c1-14-16(7-12-24-14)18(23)21(13-15-5-4-11-25-15)9-6-17(22)19-8-10-20(2)3/h7,12,15H,4-6,8-11,13H2,1-3H3,(H,19,22)/t15-/m0/s1. The molecule has 0 unspecified atom stereocenters. The van der Waals surface area contributed by atoms with Crippen LogP contribution in [0.25, 0.3) is 0 Å². The van der Waals surface area contributed by atoms with Crippen LogP contribution < -0.4 is 5.32 Å². The zero-order valence-corrected chi connectivity index (χ0v) is 15.4. The number of nitrogens with zero attached hydrogens (tertiary/aromatic N) is 2. The Hall–Kier alpha value is -1.86. The second kappa shape index (κ2) is 9.58. The van der Waals surface area contributed by atoms with Crippen LogP contribution in [0.15, 0.2) is 16.7 Å². The second-order valence-corrected chi connectivity index (χ2v) is 6.68. The minimum atomic E-state index is -0.108. The molecule has 140 valence electrons. The maximum absolute atomic E-state index is 12.8. The van der Waals surface area contributed by atoms with E-state index >= 15 is 0 Å². The Balaban J connectivity index is 1.91. The summed E-state index contributed by atoms with van der Waals surface area (Å²) in [5, 5.41) is 2.88. The van der Waals surface area contributed by atoms with Gasteiger partial charge in [-0.2, -0.15) is 0 Å². The first-order valence-electron chi connectivity index (χ1n) is 8.83. The van der Waals surface area contributed by atoms with Crippen LogP contribution in [0.2, 0.25) is 0 Å². The van der Waals surface area contributed by atoms with Gasteiger partial charge in [0.25, 0.3) is 5.91 Å². The molecule has 1 saturated heterocycles. The Kier molecular flexibility index (Phi) is 7.46. The highest BCUT2D eigenvalue weighted by Gasteiger charge is 2.25. The monoisotopic (exact) mass is 351 g/mol. The number of nitrogens with one attached hydrogen (secondary N) is 1. The van der Waals surface area contributed by atoms with E-state index in [4.69, 9.17) is 9.15 Å². The van der Waals surface area contributed by atoms with E-state index in [1.807, 2.05) is 19.0 Å². The van der Waals surface area contributed by atoms with Crippen LogP contribution in [0, 0.1) is 6.92 Å². The van der Waals surface area contributed by atoms with E-state index in [1.165, 1.54) is 6.26 Å². The number of amides is 2. The van der Waals surface area contributed by atoms with E-state index in [2.05, 4.69) is 5.32 Å². The predicted octanol–water partition coefficient (Wildman–Crippen LogP) is 1.28. The van der Waals surface area contributed by atoms with Gasteiger partial charge in [-0.15, -0.1) is 0 Å². The van der Waals surface area contributed by atoms with Gasteiger partial charge in [-0.3, -0.25) is 9.59 Å². The van der Waals surface area contributed by atoms with E-state index in [1.54, 1.807) is 17.9 Å². The smallest absolute Gasteiger partial charge is 0.257 e. The Morgan fingerprint density at radius 2 is 2.12 bits per heavy atom. The van der Waals surface area contributed by atoms with Crippen molar-refractivity contribution >= 4 is 11.8 Å². The molecule has 2 heterocycles. The average Bonchev–Trinajstić information content (AvgIpc) is 3.21. The van der Waals surface area contributed by atoms with Gasteiger partial charge in [0.15, 0.2) is 0 Å². The fourth-order valence-corrected chi connectivity index (χ4v) is 2.83. The Morgan fingerprint density at radius 1 is 1.32 bits per heavy atom. The lowest BCUT2D eigenvalue weighted by molar-refractivity contribution is -0.121. The molecule has 1 aromatic rings. The summed E-state index contributed by atoms with van der Waals surface area (Å²) in [6.07, 6.45) is 3.81. The molecule has 0 aromatic carbocycles. The first-order valence-corrected chi connectivity index (χ1v) is 8.83. The number of hydrogen-bond acceptors (Lipinski definition) is 5. The number of rotatable bonds is 9. The molecule has 2 amide bonds. The molecule has 2 rings (SSSR count). The van der Waals surface area contributed by atoms with Gasteiger partial charge >= 0.3 is 0 Å². The molecular weight excluding hydrogens is 322 g/mol. The molecule has 1 N–H and O–H groups in total. The van der Waals surface area contributed by atoms with E-state index in [0.29, 0.717) is 31.0 Å². The van der Waals surface area contributed by atoms with Crippen LogP contribution in [-0.2, 0) is 9.53 Å². The van der Waals surface area contributed by atoms with Crippen molar-refractivity contribution in [2.24, 2.45) is 0 Å². The third kappa shape index (κ3) is 6.17. The van der Waals surface area contributed by atoms with Gasteiger partial charge in [0.2, 0.25) is 5.91 Å². The summed E-state index contributed by atoms with van der Waals surface area (Å²) in [7, 11) is 3.92. The molecule has 7 nitrogen and oxygen atoms in total. The van der Waals surface area contributed by atoms with Gasteiger partial charge in [-0.25, -0.2) is 0 Å². The van der Waals surface area contributed by atoms with Crippen LogP contribution in [-0.4, -0.2) is 74.6 Å². The first kappa shape index (κ1) is 19.5. The molecule has 1 aliphatic heterocycles. The molecule has 1 aliphatic rings. The van der Waals surface area contributed by atoms with Crippen LogP contribution in [0.4, 0.5) is 0 Å². The van der Waals surface area contributed by atoms with E-state index in [0.717, 1.165) is 26.0 Å². The third-order valence-corrected chi connectivity index (χ3v) is 4.31. The fraction of sp³-hybridized carbons (Fsp3) is 0.667. The number of ether oxygens (including phenoxy) is 1. The summed E-state index contributed by atoms with van der Waals surface area (Å²) in [5.74, 6) is 0.441. The fourth-order valence-electron chi connectivity index (χ4n) is 2.83. The molecule has 1 aromatic heterocycles. The number of carbonyl (C=O) groups is 2. The van der Waals surface area contributed by atoms with Gasteiger partial charge in [0, 0.05) is 39.2 Å². The molecule has 0 saturated carbocycles. The van der Waals surface area contributed by atoms with Crippen LogP contribution in [0.1, 0.15) is 35.4 Å². The van der Waals surface area contributed by atoms with E-state index in [-0.39, 0.29) is 24.3 Å². The SMILES string of the molecule is Cc1occc1C(=O)N(CCC(=O)NCCN(C)C)C[C@@H]1CCCO1. The van der Waals surface area contributed by atoms with Gasteiger partial charge in [-0.1, -0.05) is 0 Å². The van der Waals surface area contributed by atoms with Crippen LogP contribution >= 0.6 is 0 Å². The van der Waals surface area contributed by atoms with Crippen molar-refractivity contribution in [2.45, 2.75) is 32.3 Å². The van der Waals surface area contributed by atoms with Crippen molar-refractivity contribution in [3.05, 3.63) is 23.7 Å². The van der Waals surface area contributed by atoms with Crippen molar-refractivity contribution < 1.29 is 18.7 Å². The van der Waals surface area contributed by atoms with Crippen molar-refractivity contribution in [3.63, 3.8) is 0 Å². The van der Waals surface area contributed by atoms with Gasteiger partial charge < -0.3 is 24.3 Å². The molecular formula is C18H29N3O4. The molecule has 7 heteroatoms. The van der Waals surface area contributed by atoms with Gasteiger partial charge in [-0.05, 0) is 39.9 Å². The van der Waals surface area contributed by atoms with Gasteiger partial charge in [0.05, 0.1) is 17.9 Å². The van der Waals surface area contributed by atoms with Gasteiger partial charge in [0.1, 0.15) is 5.76 Å². The van der Waals surface area contributed by atoms with E-state index in [9.17, 15) is 9.59 Å². The van der Waals surface area contributed by atoms with Crippen molar-refractivity contribution in [2.75, 3.05) is 46.9 Å². The summed E-state index contributed by atoms with van der Waals surface area (Å²) in [4.78, 5) is 28.5. The van der Waals surface area contributed by atoms with Crippen molar-refractivity contribution in [3.8, 4) is 0 Å². The Morgan fingerprint density at radius 3 is 2.72 bits per heavy atom. The summed E-state index contributed by atoms with van der Waals surface area (Å²) in [5.41, 5.74) is 0.547. The zero-order valence-electron chi connectivity index (χ0n) is 15.4. The lowest BCUT2D eigenvalue weighted by Gasteiger charge is -2.25. The number of carbonyl (C=O) groups excluding carboxylic acids is 2. The van der Waals surface area contributed by atoms with Crippen molar-refractivity contribution in [1.29, 1.82) is 0 Å². The highest BCUT2D eigenvalue weighted by atomic mass is 16.5. The summed E-state index contributed by atoms with van der Waals surface area (Å²) < 4.78 is 10.9. The lowest BCUT2D eigenvalue weighted by atomic mass is 10.1. The van der Waals surface area contributed by atoms with Crippen LogP contribution in [0.5, 0.6) is 0 Å². The number of hydrogen-bond donors (Lipinski definition) is 1. The molecule has 0 radical (unpaired) electrons. The molecule has 0 spiro atoms. The molecule has 0 bridgehead atoms.